The number of ether oxygens (including phenoxy) is 1. The van der Waals surface area contributed by atoms with Crippen LogP contribution in [-0.2, 0) is 4.79 Å². The normalized spacial score (nSPS) is 15.4. The van der Waals surface area contributed by atoms with Gasteiger partial charge in [0.25, 0.3) is 0 Å². The van der Waals surface area contributed by atoms with Crippen molar-refractivity contribution >= 4 is 44.2 Å². The van der Waals surface area contributed by atoms with Crippen LogP contribution in [0.4, 0.5) is 9.52 Å². The molecule has 1 aliphatic heterocycles. The van der Waals surface area contributed by atoms with Crippen molar-refractivity contribution in [3.63, 3.8) is 0 Å². The molecule has 0 aliphatic carbocycles. The number of halogens is 2. The Balaban J connectivity index is 1.18. The predicted molar refractivity (Wildman–Crippen MR) is 118 cm³/mol. The van der Waals surface area contributed by atoms with Crippen molar-refractivity contribution in [1.29, 1.82) is 0 Å². The fraction of sp³-hybridized carbons (Fsp3) is 0.333. The van der Waals surface area contributed by atoms with Gasteiger partial charge in [-0.05, 0) is 30.3 Å². The molecule has 4 rings (SSSR count). The summed E-state index contributed by atoms with van der Waals surface area (Å²) in [7, 11) is 0. The lowest BCUT2D eigenvalue weighted by Crippen LogP contribution is -2.49. The fourth-order valence-electron chi connectivity index (χ4n) is 3.33. The third-order valence-electron chi connectivity index (χ3n) is 4.93. The third-order valence-corrected chi connectivity index (χ3v) is 6.18. The van der Waals surface area contributed by atoms with Gasteiger partial charge < -0.3 is 10.1 Å². The Kier molecular flexibility index (Phi) is 6.79. The van der Waals surface area contributed by atoms with E-state index in [2.05, 4.69) is 20.1 Å². The van der Waals surface area contributed by atoms with Gasteiger partial charge in [-0.3, -0.25) is 14.6 Å². The summed E-state index contributed by atoms with van der Waals surface area (Å²) < 4.78 is 19.8. The summed E-state index contributed by atoms with van der Waals surface area (Å²) in [5.41, 5.74) is 0.685. The summed E-state index contributed by atoms with van der Waals surface area (Å²) >= 11 is 7.37. The van der Waals surface area contributed by atoms with Gasteiger partial charge in [-0.2, -0.15) is 0 Å². The molecule has 1 amide bonds. The van der Waals surface area contributed by atoms with Gasteiger partial charge in [0.05, 0.1) is 21.8 Å². The van der Waals surface area contributed by atoms with Crippen molar-refractivity contribution in [1.82, 2.24) is 14.8 Å². The molecule has 2 heterocycles. The number of aromatic nitrogens is 1. The van der Waals surface area contributed by atoms with Gasteiger partial charge in [-0.1, -0.05) is 35.1 Å². The number of para-hydroxylation sites is 1. The van der Waals surface area contributed by atoms with Crippen molar-refractivity contribution in [3.8, 4) is 5.75 Å². The van der Waals surface area contributed by atoms with Crippen LogP contribution in [0.2, 0.25) is 5.02 Å². The highest BCUT2D eigenvalue weighted by molar-refractivity contribution is 7.22. The highest BCUT2D eigenvalue weighted by Crippen LogP contribution is 2.26. The number of hydrogen-bond donors (Lipinski definition) is 1. The number of amides is 1. The average Bonchev–Trinajstić information content (AvgIpc) is 3.12. The summed E-state index contributed by atoms with van der Waals surface area (Å²) in [5.74, 6) is 0.288. The van der Waals surface area contributed by atoms with E-state index in [1.807, 2.05) is 24.3 Å². The molecule has 1 aliphatic rings. The summed E-state index contributed by atoms with van der Waals surface area (Å²) in [6.45, 7) is 5.07. The summed E-state index contributed by atoms with van der Waals surface area (Å²) in [6.07, 6.45) is 0. The van der Waals surface area contributed by atoms with E-state index in [-0.39, 0.29) is 11.7 Å². The molecule has 0 atom stereocenters. The monoisotopic (exact) mass is 448 g/mol. The molecule has 1 fully saturated rings. The van der Waals surface area contributed by atoms with Crippen LogP contribution in [0.25, 0.3) is 10.2 Å². The summed E-state index contributed by atoms with van der Waals surface area (Å²) in [6, 6.07) is 11.9. The SMILES string of the molecule is O=C(CN1CCN(CCOc2ccccc2Cl)CC1)Nc1nc2ccc(F)cc2s1. The first-order valence-electron chi connectivity index (χ1n) is 9.75. The number of nitrogens with one attached hydrogen (secondary N) is 1. The van der Waals surface area contributed by atoms with Gasteiger partial charge >= 0.3 is 0 Å². The lowest BCUT2D eigenvalue weighted by Gasteiger charge is -2.34. The maximum absolute atomic E-state index is 13.3. The van der Waals surface area contributed by atoms with Gasteiger partial charge in [0.15, 0.2) is 5.13 Å². The highest BCUT2D eigenvalue weighted by atomic mass is 35.5. The summed E-state index contributed by atoms with van der Waals surface area (Å²) in [4.78, 5) is 21.1. The van der Waals surface area contributed by atoms with Crippen molar-refractivity contribution in [2.45, 2.75) is 0 Å². The number of carbonyl (C=O) groups is 1. The molecule has 158 valence electrons. The van der Waals surface area contributed by atoms with Crippen LogP contribution in [0.15, 0.2) is 42.5 Å². The largest absolute Gasteiger partial charge is 0.491 e. The number of anilines is 1. The second-order valence-corrected chi connectivity index (χ2v) is 8.51. The van der Waals surface area contributed by atoms with E-state index < -0.39 is 0 Å². The van der Waals surface area contributed by atoms with Crippen LogP contribution >= 0.6 is 22.9 Å². The predicted octanol–water partition coefficient (Wildman–Crippen LogP) is 3.72. The molecule has 0 saturated carbocycles. The van der Waals surface area contributed by atoms with Crippen LogP contribution in [-0.4, -0.2) is 66.6 Å². The van der Waals surface area contributed by atoms with E-state index in [0.29, 0.717) is 34.6 Å². The first-order valence-corrected chi connectivity index (χ1v) is 10.9. The molecule has 30 heavy (non-hydrogen) atoms. The zero-order chi connectivity index (χ0) is 20.9. The first-order chi connectivity index (χ1) is 14.6. The molecule has 6 nitrogen and oxygen atoms in total. The molecule has 3 aromatic rings. The molecule has 1 aromatic heterocycles. The van der Waals surface area contributed by atoms with Gasteiger partial charge in [-0.15, -0.1) is 0 Å². The standard InChI is InChI=1S/C21H22ClFN4O2S/c22-16-3-1-2-4-18(16)29-12-11-26-7-9-27(10-8-26)14-20(28)25-21-24-17-6-5-15(23)13-19(17)30-21/h1-6,13H,7-12,14H2,(H,24,25,28). The molecule has 1 N–H and O–H groups in total. The van der Waals surface area contributed by atoms with Gasteiger partial charge in [0.2, 0.25) is 5.91 Å². The Morgan fingerprint density at radius 1 is 1.17 bits per heavy atom. The number of benzene rings is 2. The van der Waals surface area contributed by atoms with Crippen molar-refractivity contribution < 1.29 is 13.9 Å². The van der Waals surface area contributed by atoms with E-state index in [1.54, 1.807) is 6.07 Å². The number of thiazole rings is 1. The van der Waals surface area contributed by atoms with Crippen molar-refractivity contribution in [3.05, 3.63) is 53.3 Å². The maximum Gasteiger partial charge on any atom is 0.240 e. The lowest BCUT2D eigenvalue weighted by molar-refractivity contribution is -0.117. The van der Waals surface area contributed by atoms with Crippen molar-refractivity contribution in [2.75, 3.05) is 51.2 Å². The fourth-order valence-corrected chi connectivity index (χ4v) is 4.43. The van der Waals surface area contributed by atoms with Crippen LogP contribution in [0.5, 0.6) is 5.75 Å². The molecular formula is C21H22ClFN4O2S. The molecular weight excluding hydrogens is 427 g/mol. The molecule has 0 spiro atoms. The summed E-state index contributed by atoms with van der Waals surface area (Å²) in [5, 5.41) is 3.94. The van der Waals surface area contributed by atoms with Crippen LogP contribution in [0.1, 0.15) is 0 Å². The third kappa shape index (κ3) is 5.46. The Bertz CT molecular complexity index is 1020. The van der Waals surface area contributed by atoms with Crippen LogP contribution in [0.3, 0.4) is 0 Å². The van der Waals surface area contributed by atoms with Crippen LogP contribution in [0, 0.1) is 5.82 Å². The highest BCUT2D eigenvalue weighted by Gasteiger charge is 2.19. The minimum atomic E-state index is -0.306. The number of rotatable bonds is 7. The smallest absolute Gasteiger partial charge is 0.240 e. The minimum absolute atomic E-state index is 0.106. The molecule has 0 bridgehead atoms. The number of nitrogens with zero attached hydrogens (tertiary/aromatic N) is 3. The topological polar surface area (TPSA) is 57.7 Å². The second-order valence-electron chi connectivity index (χ2n) is 7.08. The maximum atomic E-state index is 13.3. The van der Waals surface area contributed by atoms with Gasteiger partial charge in [-0.25, -0.2) is 9.37 Å². The molecule has 2 aromatic carbocycles. The van der Waals surface area contributed by atoms with Gasteiger partial charge in [0.1, 0.15) is 18.2 Å². The van der Waals surface area contributed by atoms with E-state index in [0.717, 1.165) is 37.4 Å². The zero-order valence-electron chi connectivity index (χ0n) is 16.3. The van der Waals surface area contributed by atoms with Crippen LogP contribution < -0.4 is 10.1 Å². The average molecular weight is 449 g/mol. The number of hydrogen-bond acceptors (Lipinski definition) is 6. The molecule has 1 saturated heterocycles. The van der Waals surface area contributed by atoms with E-state index in [1.165, 1.54) is 23.5 Å². The Hall–Kier alpha value is -2.26. The second kappa shape index (κ2) is 9.70. The van der Waals surface area contributed by atoms with E-state index >= 15 is 0 Å². The zero-order valence-corrected chi connectivity index (χ0v) is 17.9. The van der Waals surface area contributed by atoms with E-state index in [9.17, 15) is 9.18 Å². The Morgan fingerprint density at radius 2 is 1.93 bits per heavy atom. The Labute approximate surface area is 183 Å². The van der Waals surface area contributed by atoms with Gasteiger partial charge in [0, 0.05) is 32.7 Å². The number of carbonyl (C=O) groups excluding carboxylic acids is 1. The van der Waals surface area contributed by atoms with E-state index in [4.69, 9.17) is 16.3 Å². The molecule has 9 heteroatoms. The lowest BCUT2D eigenvalue weighted by atomic mass is 10.3. The first kappa shape index (κ1) is 21.0. The Morgan fingerprint density at radius 3 is 2.73 bits per heavy atom. The van der Waals surface area contributed by atoms with Crippen molar-refractivity contribution in [2.24, 2.45) is 0 Å². The molecule has 0 unspecified atom stereocenters. The quantitative estimate of drug-likeness (QED) is 0.597. The minimum Gasteiger partial charge on any atom is -0.491 e. The number of fused-ring (bicyclic) bond motifs is 1. The number of piperazine rings is 1. The molecule has 0 radical (unpaired) electrons.